The molecule has 0 amide bonds. The van der Waals surface area contributed by atoms with Crippen LogP contribution in [-0.4, -0.2) is 18.0 Å². The Morgan fingerprint density at radius 2 is 1.93 bits per heavy atom. The average Bonchev–Trinajstić information content (AvgIpc) is 2.13. The molecular weight excluding hydrogens is 176 g/mol. The number of carbonyl (C=O) groups excluding carboxylic acids is 1. The number of rotatable bonds is 7. The lowest BCUT2D eigenvalue weighted by Crippen LogP contribution is -2.25. The zero-order valence-corrected chi connectivity index (χ0v) is 9.85. The van der Waals surface area contributed by atoms with Crippen molar-refractivity contribution in [1.82, 2.24) is 0 Å². The van der Waals surface area contributed by atoms with Gasteiger partial charge in [-0.05, 0) is 39.2 Å². The first-order chi connectivity index (χ1) is 6.43. The van der Waals surface area contributed by atoms with Crippen LogP contribution >= 0.6 is 0 Å². The van der Waals surface area contributed by atoms with E-state index in [4.69, 9.17) is 4.74 Å². The normalized spacial score (nSPS) is 11.4. The summed E-state index contributed by atoms with van der Waals surface area (Å²) in [5.41, 5.74) is 0.524. The summed E-state index contributed by atoms with van der Waals surface area (Å²) in [6.07, 6.45) is 2.05. The van der Waals surface area contributed by atoms with Crippen molar-refractivity contribution in [2.75, 3.05) is 6.61 Å². The van der Waals surface area contributed by atoms with Crippen LogP contribution in [0.2, 0.25) is 0 Å². The summed E-state index contributed by atoms with van der Waals surface area (Å²) in [4.78, 5) is 11.5. The second-order valence-corrected chi connectivity index (χ2v) is 4.07. The highest BCUT2D eigenvalue weighted by Crippen LogP contribution is 2.18. The van der Waals surface area contributed by atoms with Crippen molar-refractivity contribution in [3.8, 4) is 0 Å². The number of ketones is 1. The molecule has 0 aliphatic rings. The van der Waals surface area contributed by atoms with Gasteiger partial charge >= 0.3 is 0 Å². The molecule has 0 spiro atoms. The molecule has 82 valence electrons. The van der Waals surface area contributed by atoms with E-state index in [1.165, 1.54) is 0 Å². The van der Waals surface area contributed by atoms with Crippen molar-refractivity contribution >= 4 is 5.78 Å². The lowest BCUT2D eigenvalue weighted by atomic mass is 9.97. The Morgan fingerprint density at radius 3 is 2.36 bits per heavy atom. The van der Waals surface area contributed by atoms with Gasteiger partial charge in [0.15, 0.2) is 5.78 Å². The van der Waals surface area contributed by atoms with Crippen LogP contribution in [-0.2, 0) is 9.53 Å². The molecule has 0 aromatic rings. The van der Waals surface area contributed by atoms with Crippen LogP contribution in [0.15, 0.2) is 12.2 Å². The van der Waals surface area contributed by atoms with Crippen molar-refractivity contribution in [3.05, 3.63) is 12.2 Å². The first-order valence-corrected chi connectivity index (χ1v) is 5.28. The highest BCUT2D eigenvalue weighted by molar-refractivity contribution is 5.94. The largest absolute Gasteiger partial charge is 0.376 e. The second-order valence-electron chi connectivity index (χ2n) is 4.07. The second kappa shape index (κ2) is 5.97. The van der Waals surface area contributed by atoms with Crippen molar-refractivity contribution in [2.24, 2.45) is 0 Å². The molecule has 2 nitrogen and oxygen atoms in total. The minimum Gasteiger partial charge on any atom is -0.376 e. The summed E-state index contributed by atoms with van der Waals surface area (Å²) in [6.45, 7) is 12.4. The molecule has 14 heavy (non-hydrogen) atoms. The smallest absolute Gasteiger partial charge is 0.158 e. The third-order valence-electron chi connectivity index (χ3n) is 2.31. The maximum absolute atomic E-state index is 11.5. The van der Waals surface area contributed by atoms with Crippen LogP contribution in [0.1, 0.15) is 47.0 Å². The van der Waals surface area contributed by atoms with E-state index in [1.54, 1.807) is 0 Å². The first-order valence-electron chi connectivity index (χ1n) is 5.28. The Labute approximate surface area is 87.3 Å². The van der Waals surface area contributed by atoms with Gasteiger partial charge in [0, 0.05) is 13.0 Å². The Morgan fingerprint density at radius 1 is 1.36 bits per heavy atom. The maximum Gasteiger partial charge on any atom is 0.158 e. The van der Waals surface area contributed by atoms with Crippen LogP contribution in [0, 0.1) is 0 Å². The molecule has 0 rings (SSSR count). The third-order valence-corrected chi connectivity index (χ3v) is 2.31. The number of hydrogen-bond donors (Lipinski definition) is 0. The SMILES string of the molecule is C=C(CC)C(=O)CCC(C)(C)OCC. The molecule has 0 radical (unpaired) electrons. The molecule has 0 N–H and O–H groups in total. The zero-order valence-electron chi connectivity index (χ0n) is 9.85. The molecule has 0 heterocycles. The van der Waals surface area contributed by atoms with Crippen molar-refractivity contribution < 1.29 is 9.53 Å². The summed E-state index contributed by atoms with van der Waals surface area (Å²) >= 11 is 0. The minimum absolute atomic E-state index is 0.167. The summed E-state index contributed by atoms with van der Waals surface area (Å²) < 4.78 is 5.51. The Hall–Kier alpha value is -0.630. The Bertz CT molecular complexity index is 204. The molecule has 0 aromatic carbocycles. The summed E-state index contributed by atoms with van der Waals surface area (Å²) in [5, 5.41) is 0. The van der Waals surface area contributed by atoms with Crippen molar-refractivity contribution in [2.45, 2.75) is 52.6 Å². The Balaban J connectivity index is 3.93. The fourth-order valence-electron chi connectivity index (χ4n) is 1.25. The highest BCUT2D eigenvalue weighted by atomic mass is 16.5. The molecule has 0 aliphatic heterocycles. The molecule has 0 fully saturated rings. The fraction of sp³-hybridized carbons (Fsp3) is 0.750. The number of Topliss-reactive ketones (excluding diaryl/α,β-unsaturated/α-hetero) is 1. The fourth-order valence-corrected chi connectivity index (χ4v) is 1.25. The predicted molar refractivity (Wildman–Crippen MR) is 59.4 cm³/mol. The topological polar surface area (TPSA) is 26.3 Å². The molecule has 0 aromatic heterocycles. The van der Waals surface area contributed by atoms with Gasteiger partial charge in [-0.2, -0.15) is 0 Å². The quantitative estimate of drug-likeness (QED) is 0.587. The van der Waals surface area contributed by atoms with Gasteiger partial charge in [-0.1, -0.05) is 13.5 Å². The molecule has 2 heteroatoms. The van der Waals surface area contributed by atoms with E-state index < -0.39 is 0 Å². The summed E-state index contributed by atoms with van der Waals surface area (Å²) in [5.74, 6) is 0.167. The van der Waals surface area contributed by atoms with E-state index in [0.29, 0.717) is 13.0 Å². The van der Waals surface area contributed by atoms with Crippen molar-refractivity contribution in [3.63, 3.8) is 0 Å². The van der Waals surface area contributed by atoms with Gasteiger partial charge in [0.05, 0.1) is 5.60 Å². The van der Waals surface area contributed by atoms with Crippen molar-refractivity contribution in [1.29, 1.82) is 0 Å². The standard InChI is InChI=1S/C12H22O2/c1-6-10(3)11(13)8-9-12(4,5)14-7-2/h3,6-9H2,1-2,4-5H3. The van der Waals surface area contributed by atoms with Gasteiger partial charge < -0.3 is 4.74 Å². The summed E-state index contributed by atoms with van der Waals surface area (Å²) in [6, 6.07) is 0. The van der Waals surface area contributed by atoms with Gasteiger partial charge in [0.1, 0.15) is 0 Å². The minimum atomic E-state index is -0.196. The van der Waals surface area contributed by atoms with Gasteiger partial charge in [-0.3, -0.25) is 4.79 Å². The van der Waals surface area contributed by atoms with Crippen LogP contribution in [0.25, 0.3) is 0 Å². The molecule has 0 saturated carbocycles. The first kappa shape index (κ1) is 13.4. The zero-order chi connectivity index (χ0) is 11.2. The van der Waals surface area contributed by atoms with Gasteiger partial charge in [0.2, 0.25) is 0 Å². The van der Waals surface area contributed by atoms with E-state index in [-0.39, 0.29) is 11.4 Å². The summed E-state index contributed by atoms with van der Waals surface area (Å²) in [7, 11) is 0. The van der Waals surface area contributed by atoms with E-state index in [1.807, 2.05) is 27.7 Å². The van der Waals surface area contributed by atoms with Gasteiger partial charge in [-0.15, -0.1) is 0 Å². The van der Waals surface area contributed by atoms with E-state index in [2.05, 4.69) is 6.58 Å². The van der Waals surface area contributed by atoms with Crippen LogP contribution < -0.4 is 0 Å². The number of allylic oxidation sites excluding steroid dienone is 1. The monoisotopic (exact) mass is 198 g/mol. The Kier molecular flexibility index (Phi) is 5.70. The van der Waals surface area contributed by atoms with Crippen LogP contribution in [0.4, 0.5) is 0 Å². The highest BCUT2D eigenvalue weighted by Gasteiger charge is 2.19. The van der Waals surface area contributed by atoms with E-state index in [0.717, 1.165) is 18.4 Å². The number of carbonyl (C=O) groups is 1. The van der Waals surface area contributed by atoms with Gasteiger partial charge in [-0.25, -0.2) is 0 Å². The number of hydrogen-bond acceptors (Lipinski definition) is 2. The average molecular weight is 198 g/mol. The lowest BCUT2D eigenvalue weighted by molar-refractivity contribution is -0.117. The molecule has 0 unspecified atom stereocenters. The molecule has 0 atom stereocenters. The lowest BCUT2D eigenvalue weighted by Gasteiger charge is -2.24. The van der Waals surface area contributed by atoms with E-state index >= 15 is 0 Å². The van der Waals surface area contributed by atoms with Crippen LogP contribution in [0.5, 0.6) is 0 Å². The van der Waals surface area contributed by atoms with Gasteiger partial charge in [0.25, 0.3) is 0 Å². The molecular formula is C12H22O2. The molecule has 0 aliphatic carbocycles. The number of ether oxygens (including phenoxy) is 1. The predicted octanol–water partition coefficient (Wildman–Crippen LogP) is 3.12. The third kappa shape index (κ3) is 5.18. The maximum atomic E-state index is 11.5. The van der Waals surface area contributed by atoms with E-state index in [9.17, 15) is 4.79 Å². The molecule has 0 bridgehead atoms. The van der Waals surface area contributed by atoms with Crippen LogP contribution in [0.3, 0.4) is 0 Å². The molecule has 0 saturated heterocycles.